The Morgan fingerprint density at radius 1 is 1.18 bits per heavy atom. The van der Waals surface area contributed by atoms with Crippen LogP contribution >= 0.6 is 11.3 Å². The number of nitrogens with one attached hydrogen (secondary N) is 2. The standard InChI is InChI=1S/C29H42N4O4S/c1-16(2)11-21-12-20(9-10-23(21)25-18(4)30-15-38-25)17(3)31-27(36)24-13-22(35)14-33(24)28(37)26(29(6,7)8)32-19(5)34/h9-10,12,15-17,22,24,26,35H,11,13-14H2,1-8H3,(H,31,36)(H,32,34)/t17-,22+,24-,26+/m0/s1. The lowest BCUT2D eigenvalue weighted by molar-refractivity contribution is -0.144. The molecule has 0 unspecified atom stereocenters. The fourth-order valence-electron chi connectivity index (χ4n) is 4.99. The SMILES string of the molecule is CC(=O)N[C@H](C(=O)N1C[C@H](O)C[C@H]1C(=O)N[C@@H](C)c1ccc(-c2scnc2C)c(CC(C)C)c1)C(C)(C)C. The quantitative estimate of drug-likeness (QED) is 0.467. The van der Waals surface area contributed by atoms with Crippen LogP contribution in [0.5, 0.6) is 0 Å². The van der Waals surface area contributed by atoms with Gasteiger partial charge in [0.2, 0.25) is 17.7 Å². The van der Waals surface area contributed by atoms with E-state index in [9.17, 15) is 19.5 Å². The van der Waals surface area contributed by atoms with Crippen molar-refractivity contribution in [2.24, 2.45) is 11.3 Å². The predicted octanol–water partition coefficient (Wildman–Crippen LogP) is 4.01. The number of nitrogens with zero attached hydrogens (tertiary/aromatic N) is 2. The lowest BCUT2D eigenvalue weighted by atomic mass is 9.85. The van der Waals surface area contributed by atoms with Crippen LogP contribution < -0.4 is 10.6 Å². The highest BCUT2D eigenvalue weighted by Crippen LogP contribution is 2.33. The summed E-state index contributed by atoms with van der Waals surface area (Å²) < 4.78 is 0. The van der Waals surface area contributed by atoms with Gasteiger partial charge in [-0.25, -0.2) is 4.98 Å². The number of amides is 3. The summed E-state index contributed by atoms with van der Waals surface area (Å²) in [4.78, 5) is 45.7. The Hall–Kier alpha value is -2.78. The number of hydrogen-bond donors (Lipinski definition) is 3. The molecule has 3 amide bonds. The molecule has 1 saturated heterocycles. The zero-order valence-corrected chi connectivity index (χ0v) is 24.6. The maximum atomic E-state index is 13.5. The number of carbonyl (C=O) groups excluding carboxylic acids is 3. The van der Waals surface area contributed by atoms with Crippen LogP contribution in [0.4, 0.5) is 0 Å². The number of hydrogen-bond acceptors (Lipinski definition) is 6. The first-order valence-electron chi connectivity index (χ1n) is 13.3. The van der Waals surface area contributed by atoms with E-state index in [1.165, 1.54) is 23.0 Å². The van der Waals surface area contributed by atoms with E-state index in [0.717, 1.165) is 22.6 Å². The third-order valence-corrected chi connectivity index (χ3v) is 7.89. The minimum atomic E-state index is -0.812. The van der Waals surface area contributed by atoms with Gasteiger partial charge in [0, 0.05) is 19.9 Å². The number of aryl methyl sites for hydroxylation is 1. The zero-order chi connectivity index (χ0) is 28.4. The average molecular weight is 543 g/mol. The van der Waals surface area contributed by atoms with Crippen LogP contribution in [0.3, 0.4) is 0 Å². The van der Waals surface area contributed by atoms with Gasteiger partial charge in [0.15, 0.2) is 0 Å². The summed E-state index contributed by atoms with van der Waals surface area (Å²) in [6, 6.07) is 4.37. The third-order valence-electron chi connectivity index (χ3n) is 6.93. The second-order valence-electron chi connectivity index (χ2n) is 11.9. The van der Waals surface area contributed by atoms with Crippen molar-refractivity contribution in [3.63, 3.8) is 0 Å². The molecule has 8 nitrogen and oxygen atoms in total. The monoisotopic (exact) mass is 542 g/mol. The molecule has 9 heteroatoms. The van der Waals surface area contributed by atoms with Crippen molar-refractivity contribution in [3.05, 3.63) is 40.5 Å². The first-order chi connectivity index (χ1) is 17.7. The molecule has 3 rings (SSSR count). The van der Waals surface area contributed by atoms with Crippen molar-refractivity contribution in [2.75, 3.05) is 6.54 Å². The molecular weight excluding hydrogens is 500 g/mol. The zero-order valence-electron chi connectivity index (χ0n) is 23.8. The molecule has 0 saturated carbocycles. The molecule has 2 aromatic rings. The smallest absolute Gasteiger partial charge is 0.246 e. The maximum Gasteiger partial charge on any atom is 0.246 e. The second-order valence-corrected chi connectivity index (χ2v) is 12.8. The minimum absolute atomic E-state index is 0.0545. The van der Waals surface area contributed by atoms with E-state index in [2.05, 4.69) is 41.6 Å². The molecule has 0 aliphatic carbocycles. The molecule has 1 aliphatic heterocycles. The van der Waals surface area contributed by atoms with Gasteiger partial charge < -0.3 is 20.6 Å². The van der Waals surface area contributed by atoms with E-state index in [1.807, 2.05) is 46.2 Å². The number of aliphatic hydroxyl groups is 1. The van der Waals surface area contributed by atoms with Crippen LogP contribution in [0.2, 0.25) is 0 Å². The van der Waals surface area contributed by atoms with E-state index in [-0.39, 0.29) is 36.7 Å². The lowest BCUT2D eigenvalue weighted by Crippen LogP contribution is -2.57. The normalized spacial score (nSPS) is 19.4. The highest BCUT2D eigenvalue weighted by molar-refractivity contribution is 7.13. The van der Waals surface area contributed by atoms with Crippen LogP contribution in [0, 0.1) is 18.3 Å². The van der Waals surface area contributed by atoms with Crippen LogP contribution in [0.25, 0.3) is 10.4 Å². The number of rotatable bonds is 8. The van der Waals surface area contributed by atoms with Gasteiger partial charge in [0.25, 0.3) is 0 Å². The van der Waals surface area contributed by atoms with E-state index < -0.39 is 23.6 Å². The van der Waals surface area contributed by atoms with Crippen LogP contribution in [0.1, 0.15) is 77.7 Å². The number of carbonyl (C=O) groups is 3. The van der Waals surface area contributed by atoms with E-state index in [1.54, 1.807) is 11.3 Å². The molecular formula is C29H42N4O4S. The molecule has 4 atom stereocenters. The minimum Gasteiger partial charge on any atom is -0.391 e. The molecule has 2 heterocycles. The van der Waals surface area contributed by atoms with Crippen LogP contribution in [-0.2, 0) is 20.8 Å². The molecule has 0 bridgehead atoms. The van der Waals surface area contributed by atoms with Gasteiger partial charge in [0.1, 0.15) is 12.1 Å². The number of aromatic nitrogens is 1. The van der Waals surface area contributed by atoms with Gasteiger partial charge in [-0.3, -0.25) is 14.4 Å². The van der Waals surface area contributed by atoms with Crippen molar-refractivity contribution >= 4 is 29.1 Å². The Kier molecular flexibility index (Phi) is 9.36. The molecule has 1 aliphatic rings. The fraction of sp³-hybridized carbons (Fsp3) is 0.586. The summed E-state index contributed by atoms with van der Waals surface area (Å²) in [5.41, 5.74) is 5.66. The molecule has 1 aromatic carbocycles. The molecule has 1 fully saturated rings. The fourth-order valence-corrected chi connectivity index (χ4v) is 5.86. The largest absolute Gasteiger partial charge is 0.391 e. The number of aliphatic hydroxyl groups excluding tert-OH is 1. The van der Waals surface area contributed by atoms with Gasteiger partial charge in [-0.2, -0.15) is 0 Å². The Balaban J connectivity index is 1.82. The van der Waals surface area contributed by atoms with Crippen molar-refractivity contribution in [1.29, 1.82) is 0 Å². The van der Waals surface area contributed by atoms with Crippen LogP contribution in [-0.4, -0.2) is 57.4 Å². The Labute approximate surface area is 230 Å². The molecule has 1 aromatic heterocycles. The average Bonchev–Trinajstić information content (AvgIpc) is 3.41. The molecule has 38 heavy (non-hydrogen) atoms. The summed E-state index contributed by atoms with van der Waals surface area (Å²) in [5.74, 6) is -0.533. The lowest BCUT2D eigenvalue weighted by Gasteiger charge is -2.35. The Morgan fingerprint density at radius 3 is 2.42 bits per heavy atom. The van der Waals surface area contributed by atoms with Crippen molar-refractivity contribution in [2.45, 2.75) is 92.5 Å². The Bertz CT molecular complexity index is 1170. The first-order valence-corrected chi connectivity index (χ1v) is 14.2. The number of thiazole rings is 1. The van der Waals surface area contributed by atoms with Gasteiger partial charge in [0.05, 0.1) is 28.2 Å². The second kappa shape index (κ2) is 11.9. The van der Waals surface area contributed by atoms with Crippen LogP contribution in [0.15, 0.2) is 23.7 Å². The summed E-state index contributed by atoms with van der Waals surface area (Å²) >= 11 is 1.63. The van der Waals surface area contributed by atoms with E-state index in [0.29, 0.717) is 5.92 Å². The summed E-state index contributed by atoms with van der Waals surface area (Å²) in [5, 5.41) is 16.2. The third kappa shape index (κ3) is 6.99. The van der Waals surface area contributed by atoms with Crippen molar-refractivity contribution < 1.29 is 19.5 Å². The van der Waals surface area contributed by atoms with E-state index in [4.69, 9.17) is 0 Å². The molecule has 0 radical (unpaired) electrons. The van der Waals surface area contributed by atoms with Gasteiger partial charge >= 0.3 is 0 Å². The maximum absolute atomic E-state index is 13.5. The summed E-state index contributed by atoms with van der Waals surface area (Å²) in [6.07, 6.45) is 0.251. The number of likely N-dealkylation sites (tertiary alicyclic amines) is 1. The van der Waals surface area contributed by atoms with Crippen molar-refractivity contribution in [3.8, 4) is 10.4 Å². The first kappa shape index (κ1) is 29.8. The summed E-state index contributed by atoms with van der Waals surface area (Å²) in [6.45, 7) is 15.3. The number of benzene rings is 1. The highest BCUT2D eigenvalue weighted by atomic mass is 32.1. The Morgan fingerprint density at radius 2 is 1.87 bits per heavy atom. The van der Waals surface area contributed by atoms with Gasteiger partial charge in [-0.05, 0) is 48.3 Å². The predicted molar refractivity (Wildman–Crippen MR) is 151 cm³/mol. The van der Waals surface area contributed by atoms with Gasteiger partial charge in [-0.15, -0.1) is 11.3 Å². The molecule has 0 spiro atoms. The van der Waals surface area contributed by atoms with Crippen molar-refractivity contribution in [1.82, 2.24) is 20.5 Å². The molecule has 3 N–H and O–H groups in total. The summed E-state index contributed by atoms with van der Waals surface area (Å²) in [7, 11) is 0. The number of β-amino-alcohol motifs (C(OH)–C–C–N with tert-alkyl or cyclic N) is 1. The van der Waals surface area contributed by atoms with E-state index >= 15 is 0 Å². The highest BCUT2D eigenvalue weighted by Gasteiger charge is 2.44. The topological polar surface area (TPSA) is 112 Å². The molecule has 208 valence electrons. The van der Waals surface area contributed by atoms with Gasteiger partial charge in [-0.1, -0.05) is 52.8 Å².